The molecule has 0 radical (unpaired) electrons. The normalized spacial score (nSPS) is 14.0. The van der Waals surface area contributed by atoms with E-state index < -0.39 is 0 Å². The fraction of sp³-hybridized carbons (Fsp3) is 0.706. The van der Waals surface area contributed by atoms with Crippen molar-refractivity contribution in [2.45, 2.75) is 71.8 Å². The molecule has 2 nitrogen and oxygen atoms in total. The van der Waals surface area contributed by atoms with Gasteiger partial charge in [-0.25, -0.2) is 4.98 Å². The Morgan fingerprint density at radius 1 is 1.15 bits per heavy atom. The minimum atomic E-state index is 0.532. The van der Waals surface area contributed by atoms with Crippen LogP contribution in [0.4, 0.5) is 5.69 Å². The lowest BCUT2D eigenvalue weighted by atomic mass is 9.92. The van der Waals surface area contributed by atoms with Gasteiger partial charge in [0, 0.05) is 17.9 Å². The van der Waals surface area contributed by atoms with E-state index in [1.54, 1.807) is 6.20 Å². The predicted molar refractivity (Wildman–Crippen MR) is 89.5 cm³/mol. The third kappa shape index (κ3) is 6.60. The Labute approximate surface area is 129 Å². The molecule has 3 heteroatoms. The third-order valence-corrected chi connectivity index (χ3v) is 4.26. The van der Waals surface area contributed by atoms with Crippen molar-refractivity contribution in [3.8, 4) is 0 Å². The SMILES string of the molecule is CCCCC(CC)CCC(CC)Nc1ccnc(Cl)c1. The van der Waals surface area contributed by atoms with Crippen LogP contribution < -0.4 is 5.32 Å². The number of unbranched alkanes of at least 4 members (excludes halogenated alkanes) is 1. The Balaban J connectivity index is 2.42. The summed E-state index contributed by atoms with van der Waals surface area (Å²) in [5.74, 6) is 0.881. The summed E-state index contributed by atoms with van der Waals surface area (Å²) in [6, 6.07) is 4.42. The molecule has 1 N–H and O–H groups in total. The van der Waals surface area contributed by atoms with Gasteiger partial charge in [0.15, 0.2) is 0 Å². The first-order valence-corrected chi connectivity index (χ1v) is 8.45. The predicted octanol–water partition coefficient (Wildman–Crippen LogP) is 5.92. The molecule has 114 valence electrons. The maximum absolute atomic E-state index is 5.93. The Hall–Kier alpha value is -0.760. The number of halogens is 1. The number of rotatable bonds is 10. The van der Waals surface area contributed by atoms with Crippen LogP contribution in [0.2, 0.25) is 5.15 Å². The summed E-state index contributed by atoms with van der Waals surface area (Å²) >= 11 is 5.93. The van der Waals surface area contributed by atoms with Crippen LogP contribution in [-0.4, -0.2) is 11.0 Å². The second-order valence-corrected chi connectivity index (χ2v) is 6.00. The summed E-state index contributed by atoms with van der Waals surface area (Å²) in [6.07, 6.45) is 10.8. The second-order valence-electron chi connectivity index (χ2n) is 5.61. The summed E-state index contributed by atoms with van der Waals surface area (Å²) in [5.41, 5.74) is 1.08. The lowest BCUT2D eigenvalue weighted by molar-refractivity contribution is 0.394. The lowest BCUT2D eigenvalue weighted by Crippen LogP contribution is -2.19. The zero-order chi connectivity index (χ0) is 14.8. The van der Waals surface area contributed by atoms with Crippen molar-refractivity contribution in [1.82, 2.24) is 4.98 Å². The summed E-state index contributed by atoms with van der Waals surface area (Å²) < 4.78 is 0. The van der Waals surface area contributed by atoms with E-state index >= 15 is 0 Å². The van der Waals surface area contributed by atoms with Gasteiger partial charge in [-0.3, -0.25) is 0 Å². The molecule has 0 aromatic carbocycles. The number of hydrogen-bond acceptors (Lipinski definition) is 2. The highest BCUT2D eigenvalue weighted by atomic mass is 35.5. The molecule has 2 atom stereocenters. The molecule has 0 fully saturated rings. The van der Waals surface area contributed by atoms with E-state index in [9.17, 15) is 0 Å². The van der Waals surface area contributed by atoms with Gasteiger partial charge in [0.25, 0.3) is 0 Å². The number of nitrogens with one attached hydrogen (secondary N) is 1. The van der Waals surface area contributed by atoms with Crippen molar-refractivity contribution in [1.29, 1.82) is 0 Å². The Kier molecular flexibility index (Phi) is 8.68. The highest BCUT2D eigenvalue weighted by Gasteiger charge is 2.11. The molecule has 20 heavy (non-hydrogen) atoms. The van der Waals surface area contributed by atoms with Crippen LogP contribution in [-0.2, 0) is 0 Å². The van der Waals surface area contributed by atoms with Crippen molar-refractivity contribution in [2.24, 2.45) is 5.92 Å². The summed E-state index contributed by atoms with van der Waals surface area (Å²) in [6.45, 7) is 6.83. The minimum Gasteiger partial charge on any atom is -0.382 e. The molecular formula is C17H29ClN2. The van der Waals surface area contributed by atoms with Crippen molar-refractivity contribution >= 4 is 17.3 Å². The molecule has 1 rings (SSSR count). The first kappa shape index (κ1) is 17.3. The quantitative estimate of drug-likeness (QED) is 0.542. The van der Waals surface area contributed by atoms with Crippen molar-refractivity contribution in [2.75, 3.05) is 5.32 Å². The summed E-state index contributed by atoms with van der Waals surface area (Å²) in [4.78, 5) is 4.02. The van der Waals surface area contributed by atoms with Crippen LogP contribution in [0.3, 0.4) is 0 Å². The summed E-state index contributed by atoms with van der Waals surface area (Å²) in [5, 5.41) is 4.14. The Morgan fingerprint density at radius 3 is 2.55 bits per heavy atom. The van der Waals surface area contributed by atoms with Crippen molar-refractivity contribution in [3.63, 3.8) is 0 Å². The number of hydrogen-bond donors (Lipinski definition) is 1. The molecule has 1 heterocycles. The highest BCUT2D eigenvalue weighted by molar-refractivity contribution is 6.29. The van der Waals surface area contributed by atoms with Gasteiger partial charge < -0.3 is 5.32 Å². The molecule has 0 aliphatic heterocycles. The molecule has 0 amide bonds. The summed E-state index contributed by atoms with van der Waals surface area (Å²) in [7, 11) is 0. The average Bonchev–Trinajstić information content (AvgIpc) is 2.46. The van der Waals surface area contributed by atoms with Crippen LogP contribution in [0.15, 0.2) is 18.3 Å². The van der Waals surface area contributed by atoms with E-state index in [1.165, 1.54) is 38.5 Å². The van der Waals surface area contributed by atoms with E-state index in [4.69, 9.17) is 11.6 Å². The molecule has 1 aromatic rings. The molecule has 0 spiro atoms. The first-order chi connectivity index (χ1) is 9.69. The topological polar surface area (TPSA) is 24.9 Å². The van der Waals surface area contributed by atoms with E-state index in [-0.39, 0.29) is 0 Å². The van der Waals surface area contributed by atoms with E-state index in [1.807, 2.05) is 12.1 Å². The molecule has 0 aliphatic carbocycles. The first-order valence-electron chi connectivity index (χ1n) is 8.07. The third-order valence-electron chi connectivity index (χ3n) is 4.06. The fourth-order valence-corrected chi connectivity index (χ4v) is 2.76. The van der Waals surface area contributed by atoms with Crippen molar-refractivity contribution < 1.29 is 0 Å². The van der Waals surface area contributed by atoms with Gasteiger partial charge in [-0.1, -0.05) is 58.1 Å². The minimum absolute atomic E-state index is 0.532. The number of pyridine rings is 1. The van der Waals surface area contributed by atoms with Crippen LogP contribution in [0, 0.1) is 5.92 Å². The van der Waals surface area contributed by atoms with E-state index in [2.05, 4.69) is 31.1 Å². The van der Waals surface area contributed by atoms with Crippen molar-refractivity contribution in [3.05, 3.63) is 23.5 Å². The second kappa shape index (κ2) is 10.0. The Morgan fingerprint density at radius 2 is 1.95 bits per heavy atom. The molecule has 0 saturated heterocycles. The highest BCUT2D eigenvalue weighted by Crippen LogP contribution is 2.22. The maximum atomic E-state index is 5.93. The van der Waals surface area contributed by atoms with Gasteiger partial charge in [-0.2, -0.15) is 0 Å². The molecular weight excluding hydrogens is 268 g/mol. The van der Waals surface area contributed by atoms with Gasteiger partial charge >= 0.3 is 0 Å². The maximum Gasteiger partial charge on any atom is 0.131 e. The number of aromatic nitrogens is 1. The lowest BCUT2D eigenvalue weighted by Gasteiger charge is -2.21. The van der Waals surface area contributed by atoms with E-state index in [0.29, 0.717) is 11.2 Å². The van der Waals surface area contributed by atoms with Crippen LogP contribution in [0.25, 0.3) is 0 Å². The zero-order valence-electron chi connectivity index (χ0n) is 13.2. The zero-order valence-corrected chi connectivity index (χ0v) is 13.9. The molecule has 0 aliphatic rings. The standard InChI is InChI=1S/C17H29ClN2/c1-4-7-8-14(5-2)9-10-15(6-3)20-16-11-12-19-17(18)13-16/h11-15H,4-10H2,1-3H3,(H,19,20). The van der Waals surface area contributed by atoms with Gasteiger partial charge in [0.1, 0.15) is 5.15 Å². The molecule has 1 aromatic heterocycles. The largest absolute Gasteiger partial charge is 0.382 e. The van der Waals surface area contributed by atoms with Crippen LogP contribution in [0.5, 0.6) is 0 Å². The van der Waals surface area contributed by atoms with Gasteiger partial charge in [-0.15, -0.1) is 0 Å². The number of anilines is 1. The number of nitrogens with zero attached hydrogens (tertiary/aromatic N) is 1. The van der Waals surface area contributed by atoms with Gasteiger partial charge in [-0.05, 0) is 37.3 Å². The van der Waals surface area contributed by atoms with Crippen LogP contribution in [0.1, 0.15) is 65.7 Å². The van der Waals surface area contributed by atoms with Gasteiger partial charge in [0.2, 0.25) is 0 Å². The smallest absolute Gasteiger partial charge is 0.131 e. The van der Waals surface area contributed by atoms with E-state index in [0.717, 1.165) is 18.0 Å². The monoisotopic (exact) mass is 296 g/mol. The van der Waals surface area contributed by atoms with Gasteiger partial charge in [0.05, 0.1) is 0 Å². The average molecular weight is 297 g/mol. The van der Waals surface area contributed by atoms with Crippen LogP contribution >= 0.6 is 11.6 Å². The molecule has 2 unspecified atom stereocenters. The fourth-order valence-electron chi connectivity index (χ4n) is 2.59. The molecule has 0 bridgehead atoms. The molecule has 0 saturated carbocycles. The Bertz CT molecular complexity index is 368.